The number of hydrogen-bond donors (Lipinski definition) is 3. The SMILES string of the molecule is Cc1ccc(NC(=O)c2cc(C)ccc2NC(=O)c2ccc(N3CCCNCC3)cc2)nc1. The van der Waals surface area contributed by atoms with Crippen LogP contribution in [0.1, 0.15) is 38.3 Å². The van der Waals surface area contributed by atoms with Gasteiger partial charge in [-0.05, 0) is 74.8 Å². The number of benzene rings is 2. The van der Waals surface area contributed by atoms with Gasteiger partial charge in [0.1, 0.15) is 5.82 Å². The van der Waals surface area contributed by atoms with Crippen LogP contribution in [0.3, 0.4) is 0 Å². The highest BCUT2D eigenvalue weighted by Gasteiger charge is 2.16. The minimum atomic E-state index is -0.324. The van der Waals surface area contributed by atoms with Crippen molar-refractivity contribution in [1.82, 2.24) is 10.3 Å². The molecule has 0 unspecified atom stereocenters. The Morgan fingerprint density at radius 3 is 2.42 bits per heavy atom. The van der Waals surface area contributed by atoms with Crippen molar-refractivity contribution in [3.8, 4) is 0 Å². The Morgan fingerprint density at radius 1 is 0.879 bits per heavy atom. The van der Waals surface area contributed by atoms with Crippen LogP contribution in [-0.4, -0.2) is 43.0 Å². The van der Waals surface area contributed by atoms with Crippen LogP contribution in [0.4, 0.5) is 17.2 Å². The number of aryl methyl sites for hydroxylation is 2. The van der Waals surface area contributed by atoms with Gasteiger partial charge in [-0.25, -0.2) is 4.98 Å². The summed E-state index contributed by atoms with van der Waals surface area (Å²) >= 11 is 0. The summed E-state index contributed by atoms with van der Waals surface area (Å²) in [6, 6.07) is 16.6. The zero-order valence-corrected chi connectivity index (χ0v) is 19.0. The molecule has 0 aliphatic carbocycles. The van der Waals surface area contributed by atoms with Crippen molar-refractivity contribution >= 4 is 29.0 Å². The summed E-state index contributed by atoms with van der Waals surface area (Å²) in [6.07, 6.45) is 2.79. The maximum atomic E-state index is 12.9. The van der Waals surface area contributed by atoms with Gasteiger partial charge in [-0.3, -0.25) is 9.59 Å². The van der Waals surface area contributed by atoms with Crippen molar-refractivity contribution in [2.24, 2.45) is 0 Å². The van der Waals surface area contributed by atoms with E-state index in [0.717, 1.165) is 49.4 Å². The van der Waals surface area contributed by atoms with Gasteiger partial charge < -0.3 is 20.9 Å². The molecule has 0 radical (unpaired) electrons. The summed E-state index contributed by atoms with van der Waals surface area (Å²) in [5.41, 5.74) is 4.42. The van der Waals surface area contributed by atoms with Crippen molar-refractivity contribution < 1.29 is 9.59 Å². The Bertz CT molecular complexity index is 1120. The van der Waals surface area contributed by atoms with Gasteiger partial charge in [0.2, 0.25) is 0 Å². The van der Waals surface area contributed by atoms with Crippen molar-refractivity contribution in [1.29, 1.82) is 0 Å². The first kappa shape index (κ1) is 22.5. The summed E-state index contributed by atoms with van der Waals surface area (Å²) in [6.45, 7) is 7.77. The molecule has 0 spiro atoms. The lowest BCUT2D eigenvalue weighted by molar-refractivity contribution is 0.102. The van der Waals surface area contributed by atoms with E-state index < -0.39 is 0 Å². The lowest BCUT2D eigenvalue weighted by Crippen LogP contribution is -2.27. The Hall–Kier alpha value is -3.71. The minimum absolute atomic E-state index is 0.259. The van der Waals surface area contributed by atoms with E-state index in [-0.39, 0.29) is 11.8 Å². The first-order valence-corrected chi connectivity index (χ1v) is 11.2. The van der Waals surface area contributed by atoms with Crippen LogP contribution in [0.5, 0.6) is 0 Å². The molecule has 1 aliphatic heterocycles. The van der Waals surface area contributed by atoms with Gasteiger partial charge in [0.25, 0.3) is 11.8 Å². The Labute approximate surface area is 194 Å². The number of nitrogens with zero attached hydrogens (tertiary/aromatic N) is 2. The molecule has 0 saturated carbocycles. The Kier molecular flexibility index (Phi) is 7.00. The van der Waals surface area contributed by atoms with E-state index in [1.807, 2.05) is 50.2 Å². The molecular formula is C26H29N5O2. The highest BCUT2D eigenvalue weighted by Crippen LogP contribution is 2.21. The summed E-state index contributed by atoms with van der Waals surface area (Å²) in [4.78, 5) is 32.4. The molecule has 7 nitrogen and oxygen atoms in total. The van der Waals surface area contributed by atoms with Crippen molar-refractivity contribution in [3.63, 3.8) is 0 Å². The molecule has 0 atom stereocenters. The van der Waals surface area contributed by atoms with Gasteiger partial charge in [0.15, 0.2) is 0 Å². The van der Waals surface area contributed by atoms with E-state index in [0.29, 0.717) is 22.6 Å². The first-order chi connectivity index (χ1) is 16.0. The first-order valence-electron chi connectivity index (χ1n) is 11.2. The summed E-state index contributed by atoms with van der Waals surface area (Å²) in [5.74, 6) is -0.121. The van der Waals surface area contributed by atoms with Crippen LogP contribution in [0.15, 0.2) is 60.8 Å². The molecule has 1 saturated heterocycles. The van der Waals surface area contributed by atoms with Crippen molar-refractivity contribution in [2.45, 2.75) is 20.3 Å². The average molecular weight is 444 g/mol. The van der Waals surface area contributed by atoms with Gasteiger partial charge in [-0.15, -0.1) is 0 Å². The molecule has 170 valence electrons. The van der Waals surface area contributed by atoms with Gasteiger partial charge in [0.05, 0.1) is 11.3 Å². The standard InChI is InChI=1S/C26H29N5O2/c1-18-4-10-23(22(16-18)26(33)30-24-11-5-19(2)17-28-24)29-25(32)20-6-8-21(9-7-20)31-14-3-12-27-13-15-31/h4-11,16-17,27H,3,12-15H2,1-2H3,(H,29,32)(H,28,30,33). The van der Waals surface area contributed by atoms with Crippen LogP contribution >= 0.6 is 0 Å². The smallest absolute Gasteiger partial charge is 0.258 e. The number of amides is 2. The molecule has 1 fully saturated rings. The zero-order valence-electron chi connectivity index (χ0n) is 19.0. The molecule has 4 rings (SSSR count). The van der Waals surface area contributed by atoms with Gasteiger partial charge in [-0.1, -0.05) is 17.7 Å². The number of nitrogens with one attached hydrogen (secondary N) is 3. The Morgan fingerprint density at radius 2 is 1.67 bits per heavy atom. The van der Waals surface area contributed by atoms with Crippen LogP contribution in [0.2, 0.25) is 0 Å². The number of aromatic nitrogens is 1. The zero-order chi connectivity index (χ0) is 23.2. The maximum Gasteiger partial charge on any atom is 0.258 e. The highest BCUT2D eigenvalue weighted by atomic mass is 16.2. The quantitative estimate of drug-likeness (QED) is 0.555. The number of anilines is 3. The third kappa shape index (κ3) is 5.75. The van der Waals surface area contributed by atoms with E-state index in [2.05, 4.69) is 25.8 Å². The molecule has 2 heterocycles. The predicted molar refractivity (Wildman–Crippen MR) is 132 cm³/mol. The topological polar surface area (TPSA) is 86.4 Å². The highest BCUT2D eigenvalue weighted by molar-refractivity contribution is 6.12. The summed E-state index contributed by atoms with van der Waals surface area (Å²) < 4.78 is 0. The molecular weight excluding hydrogens is 414 g/mol. The van der Waals surface area contributed by atoms with E-state index in [9.17, 15) is 9.59 Å². The largest absolute Gasteiger partial charge is 0.370 e. The lowest BCUT2D eigenvalue weighted by Gasteiger charge is -2.22. The van der Waals surface area contributed by atoms with E-state index in [4.69, 9.17) is 0 Å². The molecule has 7 heteroatoms. The van der Waals surface area contributed by atoms with Crippen molar-refractivity contribution in [3.05, 3.63) is 83.0 Å². The molecule has 33 heavy (non-hydrogen) atoms. The molecule has 0 bridgehead atoms. The molecule has 1 aliphatic rings. The molecule has 3 N–H and O–H groups in total. The molecule has 1 aromatic heterocycles. The lowest BCUT2D eigenvalue weighted by atomic mass is 10.1. The second-order valence-corrected chi connectivity index (χ2v) is 8.32. The summed E-state index contributed by atoms with van der Waals surface area (Å²) in [5, 5.41) is 9.10. The number of hydrogen-bond acceptors (Lipinski definition) is 5. The third-order valence-corrected chi connectivity index (χ3v) is 5.66. The number of rotatable bonds is 5. The summed E-state index contributed by atoms with van der Waals surface area (Å²) in [7, 11) is 0. The fourth-order valence-corrected chi connectivity index (χ4v) is 3.80. The van der Waals surface area contributed by atoms with E-state index >= 15 is 0 Å². The van der Waals surface area contributed by atoms with Crippen LogP contribution in [0, 0.1) is 13.8 Å². The molecule has 2 amide bonds. The minimum Gasteiger partial charge on any atom is -0.370 e. The van der Waals surface area contributed by atoms with Crippen LogP contribution in [0.25, 0.3) is 0 Å². The van der Waals surface area contributed by atoms with Gasteiger partial charge >= 0.3 is 0 Å². The van der Waals surface area contributed by atoms with Gasteiger partial charge in [0, 0.05) is 37.1 Å². The fraction of sp³-hybridized carbons (Fsp3) is 0.269. The monoisotopic (exact) mass is 443 g/mol. The normalized spacial score (nSPS) is 13.8. The van der Waals surface area contributed by atoms with E-state index in [1.54, 1.807) is 24.4 Å². The van der Waals surface area contributed by atoms with E-state index in [1.165, 1.54) is 0 Å². The van der Waals surface area contributed by atoms with Gasteiger partial charge in [-0.2, -0.15) is 0 Å². The van der Waals surface area contributed by atoms with Crippen LogP contribution in [-0.2, 0) is 0 Å². The second-order valence-electron chi connectivity index (χ2n) is 8.32. The van der Waals surface area contributed by atoms with Crippen LogP contribution < -0.4 is 20.9 Å². The third-order valence-electron chi connectivity index (χ3n) is 5.66. The molecule has 2 aromatic carbocycles. The van der Waals surface area contributed by atoms with Crippen molar-refractivity contribution in [2.75, 3.05) is 41.7 Å². The number of carbonyl (C=O) groups excluding carboxylic acids is 2. The predicted octanol–water partition coefficient (Wildman–Crippen LogP) is 4.00. The number of pyridine rings is 1. The molecule has 3 aromatic rings. The second kappa shape index (κ2) is 10.3. The maximum absolute atomic E-state index is 12.9. The fourth-order valence-electron chi connectivity index (χ4n) is 3.80. The number of carbonyl (C=O) groups is 2. The average Bonchev–Trinajstić information content (AvgIpc) is 3.11. The Balaban J connectivity index is 1.48.